The molecule has 1 atom stereocenters. The minimum absolute atomic E-state index is 0.161. The van der Waals surface area contributed by atoms with E-state index in [9.17, 15) is 4.79 Å². The lowest BCUT2D eigenvalue weighted by Gasteiger charge is -2.37. The molecule has 7 nitrogen and oxygen atoms in total. The van der Waals surface area contributed by atoms with Gasteiger partial charge in [0, 0.05) is 18.7 Å². The van der Waals surface area contributed by atoms with E-state index in [2.05, 4.69) is 25.7 Å². The molecule has 0 bridgehead atoms. The van der Waals surface area contributed by atoms with Crippen LogP contribution < -0.4 is 0 Å². The van der Waals surface area contributed by atoms with Crippen molar-refractivity contribution in [3.63, 3.8) is 0 Å². The Bertz CT molecular complexity index is 777. The number of furan rings is 1. The van der Waals surface area contributed by atoms with Crippen molar-refractivity contribution in [3.8, 4) is 0 Å². The van der Waals surface area contributed by atoms with Crippen LogP contribution in [0.5, 0.6) is 0 Å². The van der Waals surface area contributed by atoms with Gasteiger partial charge in [0.1, 0.15) is 23.5 Å². The minimum Gasteiger partial charge on any atom is -0.465 e. The van der Waals surface area contributed by atoms with E-state index in [0.29, 0.717) is 19.6 Å². The number of aromatic nitrogens is 3. The summed E-state index contributed by atoms with van der Waals surface area (Å²) in [6, 6.07) is 3.64. The summed E-state index contributed by atoms with van der Waals surface area (Å²) >= 11 is 0. The summed E-state index contributed by atoms with van der Waals surface area (Å²) in [5.41, 5.74) is 1.08. The monoisotopic (exact) mass is 327 g/mol. The molecule has 0 saturated carbocycles. The summed E-state index contributed by atoms with van der Waals surface area (Å²) in [6.07, 6.45) is 4.69. The second-order valence-corrected chi connectivity index (χ2v) is 6.46. The van der Waals surface area contributed by atoms with E-state index in [-0.39, 0.29) is 11.9 Å². The van der Waals surface area contributed by atoms with Crippen molar-refractivity contribution in [1.82, 2.24) is 24.6 Å². The Morgan fingerprint density at radius 1 is 1.33 bits per heavy atom. The van der Waals surface area contributed by atoms with Crippen LogP contribution in [0.4, 0.5) is 0 Å². The van der Waals surface area contributed by atoms with Crippen LogP contribution in [-0.4, -0.2) is 56.7 Å². The van der Waals surface area contributed by atoms with Gasteiger partial charge in [0.25, 0.3) is 0 Å². The van der Waals surface area contributed by atoms with E-state index in [1.807, 2.05) is 31.0 Å². The van der Waals surface area contributed by atoms with Crippen LogP contribution in [0.15, 0.2) is 28.9 Å². The van der Waals surface area contributed by atoms with Gasteiger partial charge in [-0.15, -0.1) is 10.2 Å². The highest BCUT2D eigenvalue weighted by atomic mass is 16.3. The van der Waals surface area contributed by atoms with E-state index in [4.69, 9.17) is 4.42 Å². The quantitative estimate of drug-likeness (QED) is 0.832. The van der Waals surface area contributed by atoms with Gasteiger partial charge in [-0.2, -0.15) is 0 Å². The van der Waals surface area contributed by atoms with Crippen LogP contribution in [0.2, 0.25) is 0 Å². The van der Waals surface area contributed by atoms with Crippen molar-refractivity contribution in [2.45, 2.75) is 32.5 Å². The normalized spacial score (nSPS) is 21.5. The fourth-order valence-electron chi connectivity index (χ4n) is 3.47. The number of fused-ring (bicyclic) bond motifs is 1. The van der Waals surface area contributed by atoms with Crippen molar-refractivity contribution in [1.29, 1.82) is 0 Å². The van der Waals surface area contributed by atoms with Gasteiger partial charge in [0.05, 0.1) is 19.4 Å². The summed E-state index contributed by atoms with van der Waals surface area (Å²) in [6.45, 7) is 4.54. The molecule has 2 aromatic rings. The van der Waals surface area contributed by atoms with E-state index in [1.165, 1.54) is 0 Å². The molecule has 0 aromatic carbocycles. The number of rotatable bonds is 2. The molecule has 0 saturated heterocycles. The van der Waals surface area contributed by atoms with Gasteiger partial charge in [0.2, 0.25) is 5.91 Å². The maximum atomic E-state index is 13.1. The highest BCUT2D eigenvalue weighted by Gasteiger charge is 2.34. The molecule has 0 spiro atoms. The number of carbonyl (C=O) groups excluding carboxylic acids is 1. The van der Waals surface area contributed by atoms with Crippen LogP contribution in [-0.2, 0) is 17.9 Å². The van der Waals surface area contributed by atoms with Gasteiger partial charge >= 0.3 is 0 Å². The van der Waals surface area contributed by atoms with E-state index in [0.717, 1.165) is 35.9 Å². The number of amides is 1. The van der Waals surface area contributed by atoms with Gasteiger partial charge in [-0.25, -0.2) is 0 Å². The van der Waals surface area contributed by atoms with Crippen LogP contribution in [0, 0.1) is 6.92 Å². The van der Waals surface area contributed by atoms with Crippen molar-refractivity contribution in [3.05, 3.63) is 41.9 Å². The third-order valence-electron chi connectivity index (χ3n) is 4.88. The molecule has 126 valence electrons. The first kappa shape index (κ1) is 15.1. The largest absolute Gasteiger partial charge is 0.465 e. The molecule has 0 N–H and O–H groups in total. The van der Waals surface area contributed by atoms with Gasteiger partial charge in [-0.3, -0.25) is 9.69 Å². The Labute approximate surface area is 140 Å². The maximum Gasteiger partial charge on any atom is 0.242 e. The Balaban J connectivity index is 1.52. The zero-order valence-corrected chi connectivity index (χ0v) is 14.0. The molecule has 4 rings (SSSR count). The summed E-state index contributed by atoms with van der Waals surface area (Å²) in [5, 5.41) is 8.31. The minimum atomic E-state index is -0.178. The van der Waals surface area contributed by atoms with Crippen LogP contribution in [0.1, 0.15) is 23.8 Å². The molecular formula is C17H21N5O2. The van der Waals surface area contributed by atoms with Gasteiger partial charge in [-0.05, 0) is 32.5 Å². The van der Waals surface area contributed by atoms with E-state index < -0.39 is 0 Å². The van der Waals surface area contributed by atoms with Gasteiger partial charge in [-0.1, -0.05) is 6.08 Å². The van der Waals surface area contributed by atoms with Crippen molar-refractivity contribution < 1.29 is 9.21 Å². The zero-order chi connectivity index (χ0) is 16.7. The van der Waals surface area contributed by atoms with Crippen molar-refractivity contribution in [2.75, 3.05) is 20.1 Å². The van der Waals surface area contributed by atoms with E-state index in [1.54, 1.807) is 6.26 Å². The third-order valence-corrected chi connectivity index (χ3v) is 4.88. The predicted octanol–water partition coefficient (Wildman–Crippen LogP) is 1.31. The standard InChI is InChI=1S/C17H21N5O2/c1-12-18-19-16-11-20(2)14(10-22(12)16)17(23)21-7-3-5-13(9-21)15-6-4-8-24-15/h4-6,8,14H,3,7,9-11H2,1-2H3. The molecule has 2 aliphatic heterocycles. The fourth-order valence-corrected chi connectivity index (χ4v) is 3.47. The topological polar surface area (TPSA) is 67.4 Å². The molecule has 0 aliphatic carbocycles. The Morgan fingerprint density at radius 2 is 2.21 bits per heavy atom. The van der Waals surface area contributed by atoms with Crippen LogP contribution >= 0.6 is 0 Å². The predicted molar refractivity (Wildman–Crippen MR) is 87.9 cm³/mol. The molecule has 1 unspecified atom stereocenters. The first-order valence-corrected chi connectivity index (χ1v) is 8.24. The molecule has 7 heteroatoms. The lowest BCUT2D eigenvalue weighted by Crippen LogP contribution is -2.52. The molecule has 2 aliphatic rings. The smallest absolute Gasteiger partial charge is 0.242 e. The summed E-state index contributed by atoms with van der Waals surface area (Å²) in [5.74, 6) is 2.80. The molecule has 2 aromatic heterocycles. The van der Waals surface area contributed by atoms with Crippen LogP contribution in [0.25, 0.3) is 5.57 Å². The fraction of sp³-hybridized carbons (Fsp3) is 0.471. The number of likely N-dealkylation sites (N-methyl/N-ethyl adjacent to an activating group) is 1. The summed E-state index contributed by atoms with van der Waals surface area (Å²) in [4.78, 5) is 17.1. The lowest BCUT2D eigenvalue weighted by molar-refractivity contribution is -0.137. The third kappa shape index (κ3) is 2.54. The highest BCUT2D eigenvalue weighted by Crippen LogP contribution is 2.24. The number of nitrogens with zero attached hydrogens (tertiary/aromatic N) is 5. The SMILES string of the molecule is Cc1nnc2n1CC(C(=O)N1CCC=C(c3ccco3)C1)N(C)C2. The Kier molecular flexibility index (Phi) is 3.72. The molecule has 0 fully saturated rings. The lowest BCUT2D eigenvalue weighted by atomic mass is 10.1. The van der Waals surface area contributed by atoms with Crippen molar-refractivity contribution >= 4 is 11.5 Å². The molecule has 4 heterocycles. The Hall–Kier alpha value is -2.41. The van der Waals surface area contributed by atoms with E-state index >= 15 is 0 Å². The zero-order valence-electron chi connectivity index (χ0n) is 14.0. The molecule has 24 heavy (non-hydrogen) atoms. The Morgan fingerprint density at radius 3 is 3.00 bits per heavy atom. The summed E-state index contributed by atoms with van der Waals surface area (Å²) in [7, 11) is 1.98. The highest BCUT2D eigenvalue weighted by molar-refractivity contribution is 5.84. The second-order valence-electron chi connectivity index (χ2n) is 6.46. The maximum absolute atomic E-state index is 13.1. The average molecular weight is 327 g/mol. The van der Waals surface area contributed by atoms with Crippen molar-refractivity contribution in [2.24, 2.45) is 0 Å². The first-order chi connectivity index (χ1) is 11.6. The van der Waals surface area contributed by atoms with Gasteiger partial charge in [0.15, 0.2) is 0 Å². The molecule has 1 amide bonds. The van der Waals surface area contributed by atoms with Crippen LogP contribution in [0.3, 0.4) is 0 Å². The number of hydrogen-bond acceptors (Lipinski definition) is 5. The van der Waals surface area contributed by atoms with Gasteiger partial charge < -0.3 is 13.9 Å². The average Bonchev–Trinajstić information content (AvgIpc) is 3.24. The molecule has 0 radical (unpaired) electrons. The first-order valence-electron chi connectivity index (χ1n) is 8.24. The molecular weight excluding hydrogens is 306 g/mol. The number of hydrogen-bond donors (Lipinski definition) is 0. The number of aryl methyl sites for hydroxylation is 1. The summed E-state index contributed by atoms with van der Waals surface area (Å²) < 4.78 is 7.53. The number of carbonyl (C=O) groups is 1. The second kappa shape index (κ2) is 5.90.